The van der Waals surface area contributed by atoms with E-state index in [-0.39, 0.29) is 29.0 Å². The molecule has 8 heteroatoms. The van der Waals surface area contributed by atoms with Crippen molar-refractivity contribution in [2.75, 3.05) is 5.32 Å². The molecule has 0 bridgehead atoms. The summed E-state index contributed by atoms with van der Waals surface area (Å²) in [5.41, 5.74) is -0.127. The Balaban J connectivity index is 1.89. The zero-order chi connectivity index (χ0) is 23.5. The van der Waals surface area contributed by atoms with Gasteiger partial charge in [-0.2, -0.15) is 0 Å². The first kappa shape index (κ1) is 23.5. The van der Waals surface area contributed by atoms with Gasteiger partial charge in [0.05, 0.1) is 11.1 Å². The van der Waals surface area contributed by atoms with Crippen LogP contribution in [-0.2, 0) is 26.2 Å². The molecular formula is C24H28N2O5S. The van der Waals surface area contributed by atoms with E-state index in [0.717, 1.165) is 0 Å². The number of nitrogens with one attached hydrogen (secondary N) is 2. The van der Waals surface area contributed by atoms with Gasteiger partial charge in [-0.05, 0) is 48.1 Å². The largest absolute Gasteiger partial charge is 0.489 e. The lowest BCUT2D eigenvalue weighted by molar-refractivity contribution is -0.126. The van der Waals surface area contributed by atoms with Gasteiger partial charge < -0.3 is 10.1 Å². The summed E-state index contributed by atoms with van der Waals surface area (Å²) in [7, 11) is -4.25. The third-order valence-electron chi connectivity index (χ3n) is 5.82. The second kappa shape index (κ2) is 9.16. The zero-order valence-electron chi connectivity index (χ0n) is 18.4. The Morgan fingerprint density at radius 2 is 1.91 bits per heavy atom. The number of allylic oxidation sites excluding steroid dienone is 1. The first-order chi connectivity index (χ1) is 15.1. The van der Waals surface area contributed by atoms with Gasteiger partial charge in [0.1, 0.15) is 17.3 Å². The number of rotatable bonds is 9. The molecule has 2 aromatic rings. The number of ether oxygens (including phenoxy) is 1. The number of sulfonamides is 1. The molecular weight excluding hydrogens is 428 g/mol. The van der Waals surface area contributed by atoms with Gasteiger partial charge in [0.15, 0.2) is 0 Å². The topological polar surface area (TPSA) is 102 Å². The highest BCUT2D eigenvalue weighted by molar-refractivity contribution is 7.90. The van der Waals surface area contributed by atoms with E-state index < -0.39 is 27.3 Å². The van der Waals surface area contributed by atoms with Gasteiger partial charge in [-0.15, -0.1) is 6.58 Å². The van der Waals surface area contributed by atoms with E-state index in [1.54, 1.807) is 24.3 Å². The molecule has 0 aromatic heterocycles. The number of benzene rings is 2. The maximum atomic E-state index is 13.2. The summed E-state index contributed by atoms with van der Waals surface area (Å²) in [6.07, 6.45) is 2.25. The molecule has 1 aliphatic rings. The average Bonchev–Trinajstić information content (AvgIpc) is 3.49. The molecule has 0 saturated heterocycles. The number of carbonyl (C=O) groups is 2. The molecule has 1 fully saturated rings. The first-order valence-corrected chi connectivity index (χ1v) is 11.9. The van der Waals surface area contributed by atoms with Crippen molar-refractivity contribution in [3.63, 3.8) is 0 Å². The van der Waals surface area contributed by atoms with Crippen LogP contribution in [0.1, 0.15) is 32.8 Å². The van der Waals surface area contributed by atoms with E-state index in [9.17, 15) is 18.0 Å². The van der Waals surface area contributed by atoms with Crippen LogP contribution >= 0.6 is 0 Å². The van der Waals surface area contributed by atoms with Crippen LogP contribution in [0.3, 0.4) is 0 Å². The molecule has 1 aliphatic carbocycles. The van der Waals surface area contributed by atoms with E-state index in [1.807, 2.05) is 32.0 Å². The van der Waals surface area contributed by atoms with E-state index >= 15 is 0 Å². The van der Waals surface area contributed by atoms with E-state index in [2.05, 4.69) is 16.6 Å². The van der Waals surface area contributed by atoms with Crippen molar-refractivity contribution >= 4 is 27.5 Å². The molecule has 1 saturated carbocycles. The molecule has 32 heavy (non-hydrogen) atoms. The molecule has 170 valence electrons. The summed E-state index contributed by atoms with van der Waals surface area (Å²) in [4.78, 5) is 24.4. The minimum Gasteiger partial charge on any atom is -0.489 e. The second-order valence-electron chi connectivity index (χ2n) is 8.29. The number of hydrogen-bond acceptors (Lipinski definition) is 5. The van der Waals surface area contributed by atoms with Gasteiger partial charge in [0, 0.05) is 6.92 Å². The smallest absolute Gasteiger partial charge is 0.266 e. The highest BCUT2D eigenvalue weighted by Gasteiger charge is 2.60. The van der Waals surface area contributed by atoms with Crippen molar-refractivity contribution < 1.29 is 22.7 Å². The summed E-state index contributed by atoms with van der Waals surface area (Å²) >= 11 is 0. The molecule has 7 nitrogen and oxygen atoms in total. The van der Waals surface area contributed by atoms with Crippen molar-refractivity contribution in [3.05, 3.63) is 66.7 Å². The van der Waals surface area contributed by atoms with E-state index in [1.165, 1.54) is 19.1 Å². The minimum atomic E-state index is -4.25. The monoisotopic (exact) mass is 456 g/mol. The van der Waals surface area contributed by atoms with Crippen LogP contribution in [0, 0.1) is 17.3 Å². The fraction of sp³-hybridized carbons (Fsp3) is 0.333. The molecule has 3 rings (SSSR count). The van der Waals surface area contributed by atoms with Gasteiger partial charge in [0.25, 0.3) is 10.0 Å². The Labute approximate surface area is 188 Å². The summed E-state index contributed by atoms with van der Waals surface area (Å²) in [5, 5.41) is 2.52. The maximum Gasteiger partial charge on any atom is 0.266 e. The van der Waals surface area contributed by atoms with Crippen LogP contribution in [0.5, 0.6) is 5.75 Å². The van der Waals surface area contributed by atoms with Gasteiger partial charge in [0.2, 0.25) is 11.8 Å². The Bertz CT molecular complexity index is 1130. The summed E-state index contributed by atoms with van der Waals surface area (Å²) in [6.45, 7) is 8.93. The fourth-order valence-corrected chi connectivity index (χ4v) is 5.17. The Morgan fingerprint density at radius 3 is 2.47 bits per heavy atom. The molecule has 0 spiro atoms. The predicted octanol–water partition coefficient (Wildman–Crippen LogP) is 3.88. The third kappa shape index (κ3) is 4.85. The molecule has 0 heterocycles. The van der Waals surface area contributed by atoms with Crippen molar-refractivity contribution in [2.24, 2.45) is 17.3 Å². The summed E-state index contributed by atoms with van der Waals surface area (Å²) in [5.74, 6) is -0.468. The lowest BCUT2D eigenvalue weighted by Gasteiger charge is -2.21. The Kier molecular flexibility index (Phi) is 6.74. The quantitative estimate of drug-likeness (QED) is 0.558. The van der Waals surface area contributed by atoms with E-state index in [0.29, 0.717) is 17.7 Å². The van der Waals surface area contributed by atoms with Crippen LogP contribution in [-0.4, -0.2) is 20.2 Å². The molecule has 2 atom stereocenters. The lowest BCUT2D eigenvalue weighted by Crippen LogP contribution is -2.40. The molecule has 2 N–H and O–H groups in total. The number of amides is 2. The standard InChI is InChI=1S/C24H28N2O5S/c1-5-19-14-24(19,16(2)3)23(28)26-32(29,30)22-13-18(11-12-21(22)25-17(4)27)15-31-20-9-7-6-8-10-20/h5-13,16,19H,1,14-15H2,2-4H3,(H,25,27)(H,26,28)/t19-,24-/m1/s1. The van der Waals surface area contributed by atoms with Crippen molar-refractivity contribution in [3.8, 4) is 5.75 Å². The van der Waals surface area contributed by atoms with Crippen LogP contribution in [0.4, 0.5) is 5.69 Å². The Hall–Kier alpha value is -3.13. The molecule has 2 amide bonds. The number of para-hydroxylation sites is 1. The molecule has 0 radical (unpaired) electrons. The normalized spacial score (nSPS) is 19.8. The van der Waals surface area contributed by atoms with Crippen molar-refractivity contribution in [2.45, 2.75) is 38.7 Å². The predicted molar refractivity (Wildman–Crippen MR) is 122 cm³/mol. The SMILES string of the molecule is C=C[C@@H]1C[C@@]1(C(=O)NS(=O)(=O)c1cc(COc2ccccc2)ccc1NC(C)=O)C(C)C. The van der Waals surface area contributed by atoms with Gasteiger partial charge in [-0.3, -0.25) is 9.59 Å². The van der Waals surface area contributed by atoms with Crippen LogP contribution in [0.25, 0.3) is 0 Å². The van der Waals surface area contributed by atoms with Gasteiger partial charge in [-0.1, -0.05) is 44.2 Å². The second-order valence-corrected chi connectivity index (χ2v) is 9.94. The maximum absolute atomic E-state index is 13.2. The van der Waals surface area contributed by atoms with E-state index in [4.69, 9.17) is 4.74 Å². The lowest BCUT2D eigenvalue weighted by atomic mass is 9.89. The highest BCUT2D eigenvalue weighted by atomic mass is 32.2. The zero-order valence-corrected chi connectivity index (χ0v) is 19.2. The van der Waals surface area contributed by atoms with Gasteiger partial charge in [-0.25, -0.2) is 13.1 Å². The fourth-order valence-electron chi connectivity index (χ4n) is 3.91. The molecule has 2 aromatic carbocycles. The van der Waals surface area contributed by atoms with Crippen molar-refractivity contribution in [1.82, 2.24) is 4.72 Å². The van der Waals surface area contributed by atoms with Crippen LogP contribution < -0.4 is 14.8 Å². The Morgan fingerprint density at radius 1 is 1.22 bits per heavy atom. The average molecular weight is 457 g/mol. The summed E-state index contributed by atoms with van der Waals surface area (Å²) < 4.78 is 34.4. The number of hydrogen-bond donors (Lipinski definition) is 2. The first-order valence-electron chi connectivity index (χ1n) is 10.4. The number of anilines is 1. The minimum absolute atomic E-state index is 0.0545. The van der Waals surface area contributed by atoms with Crippen LogP contribution in [0.15, 0.2) is 66.1 Å². The molecule has 0 aliphatic heterocycles. The van der Waals surface area contributed by atoms with Crippen molar-refractivity contribution in [1.29, 1.82) is 0 Å². The van der Waals surface area contributed by atoms with Gasteiger partial charge >= 0.3 is 0 Å². The third-order valence-corrected chi connectivity index (χ3v) is 7.19. The molecule has 0 unspecified atom stereocenters. The van der Waals surface area contributed by atoms with Crippen LogP contribution in [0.2, 0.25) is 0 Å². The summed E-state index contributed by atoms with van der Waals surface area (Å²) in [6, 6.07) is 13.7. The highest BCUT2D eigenvalue weighted by Crippen LogP contribution is 2.58. The number of carbonyl (C=O) groups excluding carboxylic acids is 2.